The zero-order valence-electron chi connectivity index (χ0n) is 20.9. The van der Waals surface area contributed by atoms with Crippen molar-refractivity contribution in [3.05, 3.63) is 88.4 Å². The molecule has 6 nitrogen and oxygen atoms in total. The number of anilines is 2. The maximum atomic E-state index is 13.6. The summed E-state index contributed by atoms with van der Waals surface area (Å²) in [4.78, 5) is 15.6. The number of benzene rings is 3. The maximum absolute atomic E-state index is 13.6. The van der Waals surface area contributed by atoms with Crippen molar-refractivity contribution in [2.75, 3.05) is 28.8 Å². The lowest BCUT2D eigenvalue weighted by Crippen LogP contribution is -2.42. The Morgan fingerprint density at radius 2 is 1.64 bits per heavy atom. The molecule has 0 spiro atoms. The molecule has 1 aliphatic heterocycles. The lowest BCUT2D eigenvalue weighted by molar-refractivity contribution is -0.120. The first kappa shape index (κ1) is 26.0. The van der Waals surface area contributed by atoms with Gasteiger partial charge in [-0.15, -0.1) is 0 Å². The maximum Gasteiger partial charge on any atom is 0.264 e. The van der Waals surface area contributed by atoms with E-state index in [9.17, 15) is 13.2 Å². The fourth-order valence-electron chi connectivity index (χ4n) is 4.49. The fraction of sp³-hybridized carbons (Fsp3) is 0.321. The van der Waals surface area contributed by atoms with Crippen LogP contribution in [0.25, 0.3) is 0 Å². The number of amides is 1. The first-order chi connectivity index (χ1) is 17.1. The molecular weight excluding hydrogens is 494 g/mol. The Labute approximate surface area is 218 Å². The summed E-state index contributed by atoms with van der Waals surface area (Å²) in [6, 6.07) is 19.5. The van der Waals surface area contributed by atoms with Crippen molar-refractivity contribution in [3.63, 3.8) is 0 Å². The van der Waals surface area contributed by atoms with Crippen LogP contribution in [-0.4, -0.2) is 34.0 Å². The van der Waals surface area contributed by atoms with Gasteiger partial charge in [-0.25, -0.2) is 8.42 Å². The van der Waals surface area contributed by atoms with E-state index >= 15 is 0 Å². The van der Waals surface area contributed by atoms with E-state index in [2.05, 4.69) is 22.3 Å². The van der Waals surface area contributed by atoms with Gasteiger partial charge in [0.15, 0.2) is 0 Å². The Balaban J connectivity index is 1.55. The second kappa shape index (κ2) is 10.9. The minimum absolute atomic E-state index is 0.126. The normalized spacial score (nSPS) is 14.5. The van der Waals surface area contributed by atoms with Crippen molar-refractivity contribution in [1.82, 2.24) is 5.32 Å². The Bertz CT molecular complexity index is 1320. The average Bonchev–Trinajstić information content (AvgIpc) is 3.38. The van der Waals surface area contributed by atoms with E-state index in [0.717, 1.165) is 28.5 Å². The number of hydrogen-bond donors (Lipinski definition) is 1. The molecule has 1 N–H and O–H groups in total. The topological polar surface area (TPSA) is 69.7 Å². The van der Waals surface area contributed by atoms with Crippen molar-refractivity contribution in [2.45, 2.75) is 44.6 Å². The van der Waals surface area contributed by atoms with E-state index in [1.54, 1.807) is 49.4 Å². The highest BCUT2D eigenvalue weighted by Gasteiger charge is 2.29. The van der Waals surface area contributed by atoms with Crippen molar-refractivity contribution in [1.29, 1.82) is 0 Å². The molecule has 1 heterocycles. The van der Waals surface area contributed by atoms with Crippen molar-refractivity contribution >= 4 is 38.9 Å². The molecule has 8 heteroatoms. The van der Waals surface area contributed by atoms with Gasteiger partial charge in [0.2, 0.25) is 5.91 Å². The number of rotatable bonds is 8. The Morgan fingerprint density at radius 1 is 1.00 bits per heavy atom. The van der Waals surface area contributed by atoms with E-state index in [0.29, 0.717) is 16.3 Å². The smallest absolute Gasteiger partial charge is 0.264 e. The number of nitrogens with one attached hydrogen (secondary N) is 1. The lowest BCUT2D eigenvalue weighted by Gasteiger charge is -2.26. The van der Waals surface area contributed by atoms with Crippen LogP contribution in [0.2, 0.25) is 5.02 Å². The molecule has 1 amide bonds. The molecule has 3 aromatic carbocycles. The van der Waals surface area contributed by atoms with E-state index in [-0.39, 0.29) is 17.5 Å². The van der Waals surface area contributed by atoms with Crippen LogP contribution in [0.5, 0.6) is 0 Å². The highest BCUT2D eigenvalue weighted by atomic mass is 35.5. The summed E-state index contributed by atoms with van der Waals surface area (Å²) in [5, 5.41) is 3.46. The zero-order chi connectivity index (χ0) is 25.9. The van der Waals surface area contributed by atoms with Crippen LogP contribution < -0.4 is 14.5 Å². The number of sulfonamides is 1. The molecule has 0 saturated carbocycles. The molecule has 3 aromatic rings. The Kier molecular flexibility index (Phi) is 7.91. The molecule has 0 aromatic heterocycles. The molecule has 4 rings (SSSR count). The number of carbonyl (C=O) groups is 1. The molecule has 36 heavy (non-hydrogen) atoms. The summed E-state index contributed by atoms with van der Waals surface area (Å²) in [6.45, 7) is 7.36. The third kappa shape index (κ3) is 5.85. The fourth-order valence-corrected chi connectivity index (χ4v) is 6.20. The largest absolute Gasteiger partial charge is 0.372 e. The summed E-state index contributed by atoms with van der Waals surface area (Å²) < 4.78 is 28.4. The predicted octanol–water partition coefficient (Wildman–Crippen LogP) is 5.63. The molecule has 0 aliphatic carbocycles. The van der Waals surface area contributed by atoms with Crippen molar-refractivity contribution in [3.8, 4) is 0 Å². The molecule has 190 valence electrons. The third-order valence-corrected chi connectivity index (χ3v) is 8.57. The highest BCUT2D eigenvalue weighted by molar-refractivity contribution is 7.92. The van der Waals surface area contributed by atoms with Crippen LogP contribution >= 0.6 is 11.6 Å². The van der Waals surface area contributed by atoms with E-state index < -0.39 is 15.9 Å². The van der Waals surface area contributed by atoms with Gasteiger partial charge in [-0.1, -0.05) is 41.4 Å². The van der Waals surface area contributed by atoms with Gasteiger partial charge in [0.25, 0.3) is 10.0 Å². The highest BCUT2D eigenvalue weighted by Crippen LogP contribution is 2.29. The average molecular weight is 526 g/mol. The van der Waals surface area contributed by atoms with Crippen LogP contribution in [0.4, 0.5) is 11.4 Å². The predicted molar refractivity (Wildman–Crippen MR) is 146 cm³/mol. The number of hydrogen-bond acceptors (Lipinski definition) is 4. The quantitative estimate of drug-likeness (QED) is 0.414. The van der Waals surface area contributed by atoms with Crippen LogP contribution in [0.1, 0.15) is 42.5 Å². The standard InChI is InChI=1S/C28H32ClN3O3S/c1-20-6-13-26(14-7-20)36(34,35)32(27-15-10-24(29)18-21(27)2)19-28(33)30-22(3)23-8-11-25(12-9-23)31-16-4-5-17-31/h6-15,18,22H,4-5,16-17,19H2,1-3H3,(H,30,33). The number of nitrogens with zero attached hydrogens (tertiary/aromatic N) is 2. The monoisotopic (exact) mass is 525 g/mol. The van der Waals surface area contributed by atoms with Crippen molar-refractivity contribution < 1.29 is 13.2 Å². The summed E-state index contributed by atoms with van der Waals surface area (Å²) in [5.74, 6) is -0.392. The van der Waals surface area contributed by atoms with E-state index in [1.165, 1.54) is 18.5 Å². The Hall–Kier alpha value is -3.03. The van der Waals surface area contributed by atoms with Crippen molar-refractivity contribution in [2.24, 2.45) is 0 Å². The summed E-state index contributed by atoms with van der Waals surface area (Å²) >= 11 is 6.12. The molecule has 1 unspecified atom stereocenters. The van der Waals surface area contributed by atoms with Gasteiger partial charge < -0.3 is 10.2 Å². The first-order valence-corrected chi connectivity index (χ1v) is 14.0. The summed E-state index contributed by atoms with van der Waals surface area (Å²) in [7, 11) is -3.99. The summed E-state index contributed by atoms with van der Waals surface area (Å²) in [5.41, 5.74) is 4.17. The second-order valence-corrected chi connectivity index (χ2v) is 11.6. The third-order valence-electron chi connectivity index (χ3n) is 6.57. The molecule has 1 fully saturated rings. The van der Waals surface area contributed by atoms with E-state index in [4.69, 9.17) is 11.6 Å². The number of aryl methyl sites for hydroxylation is 2. The number of carbonyl (C=O) groups excluding carboxylic acids is 1. The van der Waals surface area contributed by atoms with Gasteiger partial charge in [-0.2, -0.15) is 0 Å². The van der Waals surface area contributed by atoms with Crippen LogP contribution in [0.3, 0.4) is 0 Å². The molecule has 0 bridgehead atoms. The molecule has 1 atom stereocenters. The van der Waals surface area contributed by atoms with Gasteiger partial charge in [-0.3, -0.25) is 9.10 Å². The van der Waals surface area contributed by atoms with Crippen LogP contribution in [-0.2, 0) is 14.8 Å². The molecule has 1 aliphatic rings. The van der Waals surface area contributed by atoms with Gasteiger partial charge >= 0.3 is 0 Å². The number of halogens is 1. The van der Waals surface area contributed by atoms with Crippen LogP contribution in [0, 0.1) is 13.8 Å². The minimum Gasteiger partial charge on any atom is -0.372 e. The molecule has 0 radical (unpaired) electrons. The lowest BCUT2D eigenvalue weighted by atomic mass is 10.1. The van der Waals surface area contributed by atoms with Gasteiger partial charge in [0.05, 0.1) is 16.6 Å². The Morgan fingerprint density at radius 3 is 2.25 bits per heavy atom. The minimum atomic E-state index is -3.99. The van der Waals surface area contributed by atoms with Gasteiger partial charge in [0, 0.05) is 23.8 Å². The molecular formula is C28H32ClN3O3S. The SMILES string of the molecule is Cc1ccc(S(=O)(=O)N(CC(=O)NC(C)c2ccc(N3CCCC3)cc2)c2ccc(Cl)cc2C)cc1. The van der Waals surface area contributed by atoms with Gasteiger partial charge in [-0.05, 0) is 87.2 Å². The van der Waals surface area contributed by atoms with Gasteiger partial charge in [0.1, 0.15) is 6.54 Å². The van der Waals surface area contributed by atoms with E-state index in [1.807, 2.05) is 26.0 Å². The first-order valence-electron chi connectivity index (χ1n) is 12.1. The van der Waals surface area contributed by atoms with Crippen LogP contribution in [0.15, 0.2) is 71.6 Å². The second-order valence-electron chi connectivity index (χ2n) is 9.33. The zero-order valence-corrected chi connectivity index (χ0v) is 22.4. The molecule has 1 saturated heterocycles. The summed E-state index contributed by atoms with van der Waals surface area (Å²) in [6.07, 6.45) is 2.42.